The molecular weight excluding hydrogens is 361 g/mol. The molecule has 0 aliphatic heterocycles. The highest BCUT2D eigenvalue weighted by atomic mass is 35.5. The molecule has 0 bridgehead atoms. The quantitative estimate of drug-likeness (QED) is 0.718. The third-order valence-corrected chi connectivity index (χ3v) is 4.44. The second kappa shape index (κ2) is 8.34. The van der Waals surface area contributed by atoms with Gasteiger partial charge in [-0.1, -0.05) is 29.3 Å². The summed E-state index contributed by atoms with van der Waals surface area (Å²) in [6.07, 6.45) is 0. The van der Waals surface area contributed by atoms with Crippen molar-refractivity contribution < 1.29 is 14.9 Å². The lowest BCUT2D eigenvalue weighted by atomic mass is 10.1. The molecule has 2 aromatic carbocycles. The van der Waals surface area contributed by atoms with Gasteiger partial charge in [-0.15, -0.1) is 0 Å². The van der Waals surface area contributed by atoms with Gasteiger partial charge in [0, 0.05) is 21.8 Å². The van der Waals surface area contributed by atoms with Crippen molar-refractivity contribution in [3.8, 4) is 0 Å². The van der Waals surface area contributed by atoms with E-state index in [0.29, 0.717) is 21.3 Å². The number of primary amides is 1. The SMILES string of the molecule is C[C@H]([NH2+][C@H](C)C(=O)Nc1ccc(C(N)=O)cc1)c1ccc(Cl)cc1Cl. The summed E-state index contributed by atoms with van der Waals surface area (Å²) in [7, 11) is 0. The molecule has 2 aromatic rings. The number of carbonyl (C=O) groups excluding carboxylic acids is 2. The molecule has 0 saturated carbocycles. The third kappa shape index (κ3) is 5.19. The van der Waals surface area contributed by atoms with Gasteiger partial charge in [0.05, 0.1) is 5.02 Å². The van der Waals surface area contributed by atoms with Gasteiger partial charge in [0.1, 0.15) is 6.04 Å². The molecule has 0 heterocycles. The number of nitrogens with one attached hydrogen (secondary N) is 1. The average Bonchev–Trinajstić information content (AvgIpc) is 2.55. The van der Waals surface area contributed by atoms with Crippen LogP contribution in [0.15, 0.2) is 42.5 Å². The van der Waals surface area contributed by atoms with Gasteiger partial charge in [-0.2, -0.15) is 0 Å². The highest BCUT2D eigenvalue weighted by Crippen LogP contribution is 2.24. The highest BCUT2D eigenvalue weighted by Gasteiger charge is 2.22. The first kappa shape index (κ1) is 19.2. The minimum atomic E-state index is -0.506. The van der Waals surface area contributed by atoms with Crippen LogP contribution in [0.1, 0.15) is 35.8 Å². The monoisotopic (exact) mass is 380 g/mol. The van der Waals surface area contributed by atoms with E-state index in [1.165, 1.54) is 0 Å². The molecule has 5 N–H and O–H groups in total. The molecule has 132 valence electrons. The topological polar surface area (TPSA) is 88.8 Å². The van der Waals surface area contributed by atoms with Crippen LogP contribution < -0.4 is 16.4 Å². The van der Waals surface area contributed by atoms with E-state index in [0.717, 1.165) is 5.56 Å². The lowest BCUT2D eigenvalue weighted by Gasteiger charge is -2.18. The Labute approximate surface area is 156 Å². The molecule has 2 atom stereocenters. The Kier molecular flexibility index (Phi) is 6.42. The first-order valence-corrected chi connectivity index (χ1v) is 8.54. The molecule has 0 fully saturated rings. The summed E-state index contributed by atoms with van der Waals surface area (Å²) < 4.78 is 0. The first-order valence-electron chi connectivity index (χ1n) is 7.78. The van der Waals surface area contributed by atoms with Crippen LogP contribution in [-0.2, 0) is 4.79 Å². The molecule has 0 aromatic heterocycles. The number of quaternary nitrogens is 1. The number of hydrogen-bond donors (Lipinski definition) is 3. The number of hydrogen-bond acceptors (Lipinski definition) is 2. The largest absolute Gasteiger partial charge is 0.366 e. The first-order chi connectivity index (χ1) is 11.8. The Morgan fingerprint density at radius 3 is 2.28 bits per heavy atom. The Morgan fingerprint density at radius 1 is 1.08 bits per heavy atom. The minimum absolute atomic E-state index is 0.0113. The van der Waals surface area contributed by atoms with Gasteiger partial charge in [-0.25, -0.2) is 0 Å². The number of amides is 2. The molecule has 2 amide bonds. The van der Waals surface area contributed by atoms with Crippen molar-refractivity contribution in [1.82, 2.24) is 0 Å². The number of anilines is 1. The summed E-state index contributed by atoms with van der Waals surface area (Å²) in [5.41, 5.74) is 7.10. The normalized spacial score (nSPS) is 13.1. The number of rotatable bonds is 6. The zero-order chi connectivity index (χ0) is 18.6. The van der Waals surface area contributed by atoms with Gasteiger partial charge >= 0.3 is 0 Å². The fraction of sp³-hybridized carbons (Fsp3) is 0.222. The smallest absolute Gasteiger partial charge is 0.282 e. The molecular formula is C18H20Cl2N3O2+. The number of benzene rings is 2. The predicted molar refractivity (Wildman–Crippen MR) is 99.9 cm³/mol. The maximum atomic E-state index is 12.3. The lowest BCUT2D eigenvalue weighted by molar-refractivity contribution is -0.709. The van der Waals surface area contributed by atoms with Crippen LogP contribution in [0.25, 0.3) is 0 Å². The maximum absolute atomic E-state index is 12.3. The lowest BCUT2D eigenvalue weighted by Crippen LogP contribution is -2.91. The summed E-state index contributed by atoms with van der Waals surface area (Å²) in [4.78, 5) is 23.4. The summed E-state index contributed by atoms with van der Waals surface area (Å²) in [6.45, 7) is 3.79. The zero-order valence-electron chi connectivity index (χ0n) is 13.9. The molecule has 0 aliphatic rings. The Hall–Kier alpha value is -2.08. The van der Waals surface area contributed by atoms with Crippen molar-refractivity contribution in [1.29, 1.82) is 0 Å². The van der Waals surface area contributed by atoms with Crippen LogP contribution in [0.5, 0.6) is 0 Å². The van der Waals surface area contributed by atoms with Gasteiger partial charge in [0.25, 0.3) is 5.91 Å². The fourth-order valence-electron chi connectivity index (χ4n) is 2.47. The van der Waals surface area contributed by atoms with Crippen molar-refractivity contribution >= 4 is 40.7 Å². The van der Waals surface area contributed by atoms with Crippen LogP contribution in [0, 0.1) is 0 Å². The van der Waals surface area contributed by atoms with E-state index in [9.17, 15) is 9.59 Å². The molecule has 0 spiro atoms. The Bertz CT molecular complexity index is 778. The molecule has 0 aliphatic carbocycles. The van der Waals surface area contributed by atoms with Crippen molar-refractivity contribution in [2.24, 2.45) is 5.73 Å². The second-order valence-corrected chi connectivity index (χ2v) is 6.71. The zero-order valence-corrected chi connectivity index (χ0v) is 15.4. The van der Waals surface area contributed by atoms with Crippen molar-refractivity contribution in [3.63, 3.8) is 0 Å². The third-order valence-electron chi connectivity index (χ3n) is 3.88. The summed E-state index contributed by atoms with van der Waals surface area (Å²) >= 11 is 12.1. The van der Waals surface area contributed by atoms with E-state index in [-0.39, 0.29) is 18.0 Å². The standard InChI is InChI=1S/C18H19Cl2N3O2/c1-10(15-8-5-13(19)9-16(15)20)22-11(2)18(25)23-14-6-3-12(4-7-14)17(21)24/h3-11,22H,1-2H3,(H2,21,24)(H,23,25)/p+1/t10-,11+/m0/s1. The molecule has 0 radical (unpaired) electrons. The van der Waals surface area contributed by atoms with E-state index in [1.807, 2.05) is 25.2 Å². The summed E-state index contributed by atoms with van der Waals surface area (Å²) in [5.74, 6) is -0.656. The number of carbonyl (C=O) groups is 2. The van der Waals surface area contributed by atoms with E-state index in [2.05, 4.69) is 5.32 Å². The molecule has 2 rings (SSSR count). The molecule has 25 heavy (non-hydrogen) atoms. The van der Waals surface area contributed by atoms with Crippen LogP contribution in [0.4, 0.5) is 5.69 Å². The van der Waals surface area contributed by atoms with Crippen LogP contribution in [-0.4, -0.2) is 17.9 Å². The number of nitrogens with two attached hydrogens (primary N) is 2. The Morgan fingerprint density at radius 2 is 1.72 bits per heavy atom. The van der Waals surface area contributed by atoms with Crippen LogP contribution >= 0.6 is 23.2 Å². The molecule has 0 saturated heterocycles. The van der Waals surface area contributed by atoms with E-state index < -0.39 is 5.91 Å². The van der Waals surface area contributed by atoms with E-state index in [4.69, 9.17) is 28.9 Å². The van der Waals surface area contributed by atoms with Crippen LogP contribution in [0.2, 0.25) is 10.0 Å². The van der Waals surface area contributed by atoms with Gasteiger partial charge < -0.3 is 16.4 Å². The minimum Gasteiger partial charge on any atom is -0.366 e. The number of halogens is 2. The van der Waals surface area contributed by atoms with Gasteiger partial charge in [0.2, 0.25) is 5.91 Å². The van der Waals surface area contributed by atoms with Crippen molar-refractivity contribution in [2.45, 2.75) is 25.9 Å². The second-order valence-electron chi connectivity index (χ2n) is 5.87. The van der Waals surface area contributed by atoms with Gasteiger partial charge in [-0.3, -0.25) is 9.59 Å². The average molecular weight is 381 g/mol. The highest BCUT2D eigenvalue weighted by molar-refractivity contribution is 6.35. The van der Waals surface area contributed by atoms with Gasteiger partial charge in [0.15, 0.2) is 6.04 Å². The summed E-state index contributed by atoms with van der Waals surface area (Å²) in [5, 5.41) is 5.88. The molecule has 0 unspecified atom stereocenters. The Balaban J connectivity index is 1.98. The predicted octanol–water partition coefficient (Wildman–Crippen LogP) is 2.74. The van der Waals surface area contributed by atoms with Crippen LogP contribution in [0.3, 0.4) is 0 Å². The molecule has 7 heteroatoms. The van der Waals surface area contributed by atoms with E-state index >= 15 is 0 Å². The van der Waals surface area contributed by atoms with Gasteiger partial charge in [-0.05, 0) is 50.2 Å². The maximum Gasteiger partial charge on any atom is 0.282 e. The van der Waals surface area contributed by atoms with Crippen molar-refractivity contribution in [3.05, 3.63) is 63.6 Å². The fourth-order valence-corrected chi connectivity index (χ4v) is 3.05. The van der Waals surface area contributed by atoms with Crippen molar-refractivity contribution in [2.75, 3.05) is 5.32 Å². The molecule has 5 nitrogen and oxygen atoms in total. The summed E-state index contributed by atoms with van der Waals surface area (Å²) in [6, 6.07) is 11.4. The van der Waals surface area contributed by atoms with E-state index in [1.54, 1.807) is 36.4 Å².